The van der Waals surface area contributed by atoms with Gasteiger partial charge in [0.2, 0.25) is 0 Å². The van der Waals surface area contributed by atoms with Crippen LogP contribution in [0.3, 0.4) is 0 Å². The Hall–Kier alpha value is -2.57. The molecule has 1 aliphatic rings. The number of rotatable bonds is 3. The van der Waals surface area contributed by atoms with E-state index in [9.17, 15) is 8.78 Å². The van der Waals surface area contributed by atoms with Crippen LogP contribution in [0.1, 0.15) is 28.3 Å². The predicted octanol–water partition coefficient (Wildman–Crippen LogP) is 4.52. The molecule has 7 heteroatoms. The van der Waals surface area contributed by atoms with Crippen LogP contribution in [0.25, 0.3) is 5.69 Å². The quantitative estimate of drug-likeness (QED) is 0.647. The smallest absolute Gasteiger partial charge is 0.135 e. The average Bonchev–Trinajstić information content (AvgIpc) is 2.82. The lowest BCUT2D eigenvalue weighted by molar-refractivity contribution is 0.387. The largest absolute Gasteiger partial charge is 0.302 e. The Bertz CT molecular complexity index is 1080. The normalized spacial score (nSPS) is 13.2. The summed E-state index contributed by atoms with van der Waals surface area (Å²) in [5.41, 5.74) is 3.19. The molecule has 1 aliphatic heterocycles. The van der Waals surface area contributed by atoms with E-state index < -0.39 is 11.6 Å². The van der Waals surface area contributed by atoms with Crippen molar-refractivity contribution in [3.05, 3.63) is 81.4 Å². The first-order chi connectivity index (χ1) is 13.4. The molecule has 0 atom stereocenters. The topological polar surface area (TPSA) is 33.4 Å². The van der Waals surface area contributed by atoms with Gasteiger partial charge in [0.1, 0.15) is 17.5 Å². The second-order valence-corrected chi connectivity index (χ2v) is 7.49. The third-order valence-electron chi connectivity index (χ3n) is 4.74. The Morgan fingerprint density at radius 3 is 2.54 bits per heavy atom. The summed E-state index contributed by atoms with van der Waals surface area (Å²) in [6.45, 7) is 2.80. The summed E-state index contributed by atoms with van der Waals surface area (Å²) >= 11 is 6.24. The summed E-state index contributed by atoms with van der Waals surface area (Å²) in [4.78, 5) is 11.3. The van der Waals surface area contributed by atoms with Crippen LogP contribution in [-0.2, 0) is 13.1 Å². The number of imidazole rings is 1. The van der Waals surface area contributed by atoms with Gasteiger partial charge in [-0.1, -0.05) is 17.7 Å². The second kappa shape index (κ2) is 7.11. The highest BCUT2D eigenvalue weighted by molar-refractivity contribution is 6.31. The lowest BCUT2D eigenvalue weighted by Crippen LogP contribution is -2.17. The molecule has 4 nitrogen and oxygen atoms in total. The van der Waals surface area contributed by atoms with Crippen LogP contribution in [0.2, 0.25) is 5.02 Å². The van der Waals surface area contributed by atoms with Gasteiger partial charge in [0.25, 0.3) is 0 Å². The molecule has 0 bridgehead atoms. The van der Waals surface area contributed by atoms with Gasteiger partial charge in [-0.2, -0.15) is 0 Å². The SMILES string of the molecule is Cc1nc(CN(C)C)n2c1CN=C(c1c(F)cccc1F)c1cc(Cl)ccc1-2. The lowest BCUT2D eigenvalue weighted by atomic mass is 9.99. The molecule has 0 spiro atoms. The zero-order valence-corrected chi connectivity index (χ0v) is 16.6. The standard InChI is InChI=1S/C21H19ClF2N4/c1-12-18-10-25-21(20-15(23)5-4-6-16(20)24)14-9-13(22)7-8-17(14)28(18)19(26-12)11-27(2)3/h4-9H,10-11H2,1-3H3. The fraction of sp³-hybridized carbons (Fsp3) is 0.238. The van der Waals surface area contributed by atoms with Crippen molar-refractivity contribution in [3.63, 3.8) is 0 Å². The molecule has 0 saturated heterocycles. The molecule has 0 aliphatic carbocycles. The minimum absolute atomic E-state index is 0.142. The highest BCUT2D eigenvalue weighted by Crippen LogP contribution is 2.31. The first-order valence-electron chi connectivity index (χ1n) is 8.87. The van der Waals surface area contributed by atoms with E-state index in [1.54, 1.807) is 12.1 Å². The summed E-state index contributed by atoms with van der Waals surface area (Å²) in [6.07, 6.45) is 0. The molecule has 2 heterocycles. The number of nitrogens with zero attached hydrogens (tertiary/aromatic N) is 4. The Morgan fingerprint density at radius 1 is 1.14 bits per heavy atom. The molecule has 0 saturated carbocycles. The fourth-order valence-corrected chi connectivity index (χ4v) is 3.73. The summed E-state index contributed by atoms with van der Waals surface area (Å²) < 4.78 is 31.2. The number of halogens is 3. The van der Waals surface area contributed by atoms with Crippen molar-refractivity contribution in [1.82, 2.24) is 14.5 Å². The van der Waals surface area contributed by atoms with Gasteiger partial charge in [0.15, 0.2) is 0 Å². The molecule has 0 radical (unpaired) electrons. The van der Waals surface area contributed by atoms with E-state index in [2.05, 4.69) is 4.99 Å². The highest BCUT2D eigenvalue weighted by atomic mass is 35.5. The molecule has 4 rings (SSSR count). The van der Waals surface area contributed by atoms with Gasteiger partial charge >= 0.3 is 0 Å². The summed E-state index contributed by atoms with van der Waals surface area (Å²) in [7, 11) is 3.93. The van der Waals surface area contributed by atoms with E-state index in [0.29, 0.717) is 17.1 Å². The van der Waals surface area contributed by atoms with Crippen LogP contribution >= 0.6 is 11.6 Å². The number of benzene rings is 2. The van der Waals surface area contributed by atoms with Crippen molar-refractivity contribution in [3.8, 4) is 5.69 Å². The zero-order valence-electron chi connectivity index (χ0n) is 15.8. The van der Waals surface area contributed by atoms with E-state index in [1.807, 2.05) is 36.6 Å². The summed E-state index contributed by atoms with van der Waals surface area (Å²) in [5.74, 6) is -0.467. The van der Waals surface area contributed by atoms with Crippen LogP contribution in [-0.4, -0.2) is 34.3 Å². The van der Waals surface area contributed by atoms with Crippen molar-refractivity contribution in [1.29, 1.82) is 0 Å². The number of aliphatic imine (C=N–C) groups is 1. The van der Waals surface area contributed by atoms with E-state index >= 15 is 0 Å². The lowest BCUT2D eigenvalue weighted by Gasteiger charge is -2.17. The van der Waals surface area contributed by atoms with Gasteiger partial charge in [-0.25, -0.2) is 13.8 Å². The van der Waals surface area contributed by atoms with Gasteiger partial charge in [-0.15, -0.1) is 0 Å². The minimum Gasteiger partial charge on any atom is -0.302 e. The molecule has 0 fully saturated rings. The Balaban J connectivity index is 2.01. The monoisotopic (exact) mass is 400 g/mol. The Morgan fingerprint density at radius 2 is 1.86 bits per heavy atom. The molecule has 0 unspecified atom stereocenters. The van der Waals surface area contributed by atoms with Crippen LogP contribution in [0, 0.1) is 18.6 Å². The molecule has 0 amide bonds. The van der Waals surface area contributed by atoms with Gasteiger partial charge < -0.3 is 4.90 Å². The Kier molecular flexibility index (Phi) is 4.77. The van der Waals surface area contributed by atoms with E-state index in [0.717, 1.165) is 22.9 Å². The molecule has 0 N–H and O–H groups in total. The number of aryl methyl sites for hydroxylation is 1. The van der Waals surface area contributed by atoms with Crippen LogP contribution in [0.15, 0.2) is 41.4 Å². The van der Waals surface area contributed by atoms with Crippen molar-refractivity contribution in [2.75, 3.05) is 14.1 Å². The van der Waals surface area contributed by atoms with Crippen molar-refractivity contribution < 1.29 is 8.78 Å². The van der Waals surface area contributed by atoms with Crippen molar-refractivity contribution >= 4 is 17.3 Å². The van der Waals surface area contributed by atoms with Gasteiger partial charge in [0.05, 0.1) is 41.4 Å². The van der Waals surface area contributed by atoms with Crippen molar-refractivity contribution in [2.24, 2.45) is 4.99 Å². The maximum atomic E-state index is 14.6. The maximum absolute atomic E-state index is 14.6. The fourth-order valence-electron chi connectivity index (χ4n) is 3.55. The van der Waals surface area contributed by atoms with E-state index in [1.165, 1.54) is 18.2 Å². The van der Waals surface area contributed by atoms with E-state index in [4.69, 9.17) is 16.6 Å². The molecular formula is C21H19ClF2N4. The first kappa shape index (κ1) is 18.8. The van der Waals surface area contributed by atoms with Gasteiger partial charge in [0, 0.05) is 10.6 Å². The molecule has 1 aromatic heterocycles. The molecule has 2 aromatic carbocycles. The van der Waals surface area contributed by atoms with Crippen LogP contribution in [0.4, 0.5) is 8.78 Å². The third kappa shape index (κ3) is 3.12. The average molecular weight is 401 g/mol. The molecule has 3 aromatic rings. The summed E-state index contributed by atoms with van der Waals surface area (Å²) in [5, 5.41) is 0.470. The molecular weight excluding hydrogens is 382 g/mol. The van der Waals surface area contributed by atoms with Crippen molar-refractivity contribution in [2.45, 2.75) is 20.0 Å². The Labute approximate surface area is 167 Å². The maximum Gasteiger partial charge on any atom is 0.135 e. The predicted molar refractivity (Wildman–Crippen MR) is 106 cm³/mol. The number of fused-ring (bicyclic) bond motifs is 3. The third-order valence-corrected chi connectivity index (χ3v) is 4.98. The highest BCUT2D eigenvalue weighted by Gasteiger charge is 2.26. The zero-order chi connectivity index (χ0) is 20.0. The number of hydrogen-bond acceptors (Lipinski definition) is 3. The van der Waals surface area contributed by atoms with Crippen LogP contribution < -0.4 is 0 Å². The number of aromatic nitrogens is 2. The molecule has 28 heavy (non-hydrogen) atoms. The summed E-state index contributed by atoms with van der Waals surface area (Å²) in [6, 6.07) is 9.13. The van der Waals surface area contributed by atoms with E-state index in [-0.39, 0.29) is 17.8 Å². The number of hydrogen-bond donors (Lipinski definition) is 0. The van der Waals surface area contributed by atoms with Crippen LogP contribution in [0.5, 0.6) is 0 Å². The molecule has 144 valence electrons. The van der Waals surface area contributed by atoms with Gasteiger partial charge in [-0.3, -0.25) is 9.56 Å². The second-order valence-electron chi connectivity index (χ2n) is 7.06. The van der Waals surface area contributed by atoms with Gasteiger partial charge in [-0.05, 0) is 51.4 Å². The minimum atomic E-state index is -0.653. The first-order valence-corrected chi connectivity index (χ1v) is 9.25.